The van der Waals surface area contributed by atoms with Gasteiger partial charge in [0.05, 0.1) is 31.4 Å². The van der Waals surface area contributed by atoms with Gasteiger partial charge < -0.3 is 15.2 Å². The highest BCUT2D eigenvalue weighted by molar-refractivity contribution is 5.89. The smallest absolute Gasteiger partial charge is 0.337 e. The van der Waals surface area contributed by atoms with Gasteiger partial charge >= 0.3 is 5.97 Å². The lowest BCUT2D eigenvalue weighted by Crippen LogP contribution is -2.54. The molecule has 1 aromatic rings. The van der Waals surface area contributed by atoms with Gasteiger partial charge in [-0.2, -0.15) is 0 Å². The third-order valence-corrected chi connectivity index (χ3v) is 2.58. The van der Waals surface area contributed by atoms with Crippen LogP contribution in [0.2, 0.25) is 0 Å². The molecule has 1 aliphatic heterocycles. The van der Waals surface area contributed by atoms with Crippen molar-refractivity contribution in [3.63, 3.8) is 0 Å². The van der Waals surface area contributed by atoms with E-state index < -0.39 is 5.54 Å². The first-order valence-electron chi connectivity index (χ1n) is 4.71. The zero-order valence-corrected chi connectivity index (χ0v) is 8.53. The lowest BCUT2D eigenvalue weighted by atomic mass is 9.88. The molecule has 80 valence electrons. The van der Waals surface area contributed by atoms with Crippen molar-refractivity contribution < 1.29 is 14.3 Å². The molecule has 0 saturated carbocycles. The maximum Gasteiger partial charge on any atom is 0.337 e. The van der Waals surface area contributed by atoms with E-state index in [-0.39, 0.29) is 5.97 Å². The SMILES string of the molecule is COC(=O)c1cccc(C2(N)COC2)c1. The molecule has 15 heavy (non-hydrogen) atoms. The standard InChI is InChI=1S/C11H13NO3/c1-14-10(13)8-3-2-4-9(5-8)11(12)6-15-7-11/h2-5H,6-7,12H2,1H3. The number of rotatable bonds is 2. The van der Waals surface area contributed by atoms with E-state index in [0.717, 1.165) is 5.56 Å². The number of nitrogens with two attached hydrogens (primary N) is 1. The summed E-state index contributed by atoms with van der Waals surface area (Å²) < 4.78 is 9.72. The fourth-order valence-electron chi connectivity index (χ4n) is 1.56. The van der Waals surface area contributed by atoms with E-state index >= 15 is 0 Å². The molecule has 4 nitrogen and oxygen atoms in total. The lowest BCUT2D eigenvalue weighted by Gasteiger charge is -2.38. The van der Waals surface area contributed by atoms with Crippen LogP contribution in [0, 0.1) is 0 Å². The van der Waals surface area contributed by atoms with Crippen LogP contribution in [0.3, 0.4) is 0 Å². The third kappa shape index (κ3) is 1.73. The Morgan fingerprint density at radius 2 is 2.27 bits per heavy atom. The van der Waals surface area contributed by atoms with Crippen molar-refractivity contribution in [2.45, 2.75) is 5.54 Å². The molecule has 0 amide bonds. The van der Waals surface area contributed by atoms with E-state index in [4.69, 9.17) is 10.5 Å². The molecule has 0 unspecified atom stereocenters. The van der Waals surface area contributed by atoms with Gasteiger partial charge in [-0.05, 0) is 17.7 Å². The maximum absolute atomic E-state index is 11.3. The first-order chi connectivity index (χ1) is 7.15. The highest BCUT2D eigenvalue weighted by Crippen LogP contribution is 2.27. The van der Waals surface area contributed by atoms with Gasteiger partial charge in [0.2, 0.25) is 0 Å². The topological polar surface area (TPSA) is 61.5 Å². The molecule has 2 N–H and O–H groups in total. The minimum atomic E-state index is -0.440. The van der Waals surface area contributed by atoms with Crippen LogP contribution in [-0.4, -0.2) is 26.3 Å². The summed E-state index contributed by atoms with van der Waals surface area (Å²) in [6, 6.07) is 7.16. The predicted molar refractivity (Wildman–Crippen MR) is 54.5 cm³/mol. The first kappa shape index (κ1) is 10.1. The zero-order valence-electron chi connectivity index (χ0n) is 8.53. The fourth-order valence-corrected chi connectivity index (χ4v) is 1.56. The molecule has 0 aliphatic carbocycles. The van der Waals surface area contributed by atoms with Gasteiger partial charge in [0, 0.05) is 0 Å². The number of carbonyl (C=O) groups is 1. The predicted octanol–water partition coefficient (Wildman–Crippen LogP) is 0.657. The van der Waals surface area contributed by atoms with Crippen LogP contribution >= 0.6 is 0 Å². The molecule has 1 fully saturated rings. The quantitative estimate of drug-likeness (QED) is 0.723. The van der Waals surface area contributed by atoms with E-state index in [2.05, 4.69) is 4.74 Å². The number of carbonyl (C=O) groups excluding carboxylic acids is 1. The number of hydrogen-bond donors (Lipinski definition) is 1. The van der Waals surface area contributed by atoms with Crippen molar-refractivity contribution in [2.75, 3.05) is 20.3 Å². The Hall–Kier alpha value is -1.39. The van der Waals surface area contributed by atoms with E-state index in [1.165, 1.54) is 7.11 Å². The second-order valence-electron chi connectivity index (χ2n) is 3.72. The minimum Gasteiger partial charge on any atom is -0.465 e. The number of benzene rings is 1. The summed E-state index contributed by atoms with van der Waals surface area (Å²) in [5.41, 5.74) is 7.05. The number of ether oxygens (including phenoxy) is 2. The second-order valence-corrected chi connectivity index (χ2v) is 3.72. The molecule has 0 bridgehead atoms. The molecule has 1 aromatic carbocycles. The molecule has 4 heteroatoms. The third-order valence-electron chi connectivity index (χ3n) is 2.58. The van der Waals surface area contributed by atoms with Crippen LogP contribution in [0.1, 0.15) is 15.9 Å². The van der Waals surface area contributed by atoms with Crippen molar-refractivity contribution in [2.24, 2.45) is 5.73 Å². The van der Waals surface area contributed by atoms with Crippen LogP contribution < -0.4 is 5.73 Å². The van der Waals surface area contributed by atoms with Gasteiger partial charge in [-0.3, -0.25) is 0 Å². The Morgan fingerprint density at radius 1 is 1.53 bits per heavy atom. The number of hydrogen-bond acceptors (Lipinski definition) is 4. The number of esters is 1. The summed E-state index contributed by atoms with van der Waals surface area (Å²) in [6.45, 7) is 0.995. The Labute approximate surface area is 88.0 Å². The average molecular weight is 207 g/mol. The molecular formula is C11H13NO3. The van der Waals surface area contributed by atoms with Gasteiger partial charge in [-0.25, -0.2) is 4.79 Å². The van der Waals surface area contributed by atoms with E-state index in [0.29, 0.717) is 18.8 Å². The van der Waals surface area contributed by atoms with E-state index in [1.54, 1.807) is 18.2 Å². The Kier molecular flexibility index (Phi) is 2.46. The van der Waals surface area contributed by atoms with Gasteiger partial charge in [-0.1, -0.05) is 12.1 Å². The fraction of sp³-hybridized carbons (Fsp3) is 0.364. The van der Waals surface area contributed by atoms with Crippen molar-refractivity contribution in [3.05, 3.63) is 35.4 Å². The molecular weight excluding hydrogens is 194 g/mol. The normalized spacial score (nSPS) is 18.0. The molecule has 2 rings (SSSR count). The summed E-state index contributed by atoms with van der Waals surface area (Å²) in [6.07, 6.45) is 0. The van der Waals surface area contributed by atoms with Gasteiger partial charge in [0.1, 0.15) is 0 Å². The van der Waals surface area contributed by atoms with Crippen molar-refractivity contribution >= 4 is 5.97 Å². The highest BCUT2D eigenvalue weighted by atomic mass is 16.5. The summed E-state index contributed by atoms with van der Waals surface area (Å²) in [7, 11) is 1.36. The summed E-state index contributed by atoms with van der Waals surface area (Å²) >= 11 is 0. The summed E-state index contributed by atoms with van der Waals surface area (Å²) in [5, 5.41) is 0. The monoisotopic (exact) mass is 207 g/mol. The van der Waals surface area contributed by atoms with Crippen molar-refractivity contribution in [1.82, 2.24) is 0 Å². The largest absolute Gasteiger partial charge is 0.465 e. The van der Waals surface area contributed by atoms with Crippen molar-refractivity contribution in [1.29, 1.82) is 0 Å². The van der Waals surface area contributed by atoms with Crippen LogP contribution in [0.15, 0.2) is 24.3 Å². The lowest BCUT2D eigenvalue weighted by molar-refractivity contribution is -0.0569. The maximum atomic E-state index is 11.3. The summed E-state index contributed by atoms with van der Waals surface area (Å²) in [5.74, 6) is -0.347. The molecule has 1 heterocycles. The highest BCUT2D eigenvalue weighted by Gasteiger charge is 2.36. The molecule has 0 spiro atoms. The first-order valence-corrected chi connectivity index (χ1v) is 4.71. The van der Waals surface area contributed by atoms with E-state index in [1.807, 2.05) is 6.07 Å². The van der Waals surface area contributed by atoms with Crippen LogP contribution in [0.25, 0.3) is 0 Å². The average Bonchev–Trinajstić information content (AvgIpc) is 2.25. The second kappa shape index (κ2) is 3.64. The number of methoxy groups -OCH3 is 1. The molecule has 0 radical (unpaired) electrons. The Balaban J connectivity index is 2.30. The van der Waals surface area contributed by atoms with Gasteiger partial charge in [0.15, 0.2) is 0 Å². The van der Waals surface area contributed by atoms with Gasteiger partial charge in [0.25, 0.3) is 0 Å². The van der Waals surface area contributed by atoms with Crippen LogP contribution in [0.4, 0.5) is 0 Å². The van der Waals surface area contributed by atoms with Crippen molar-refractivity contribution in [3.8, 4) is 0 Å². The molecule has 0 atom stereocenters. The van der Waals surface area contributed by atoms with Crippen LogP contribution in [0.5, 0.6) is 0 Å². The Morgan fingerprint density at radius 3 is 2.80 bits per heavy atom. The Bertz CT molecular complexity index is 385. The van der Waals surface area contributed by atoms with Crippen LogP contribution in [-0.2, 0) is 15.0 Å². The van der Waals surface area contributed by atoms with E-state index in [9.17, 15) is 4.79 Å². The molecule has 1 aliphatic rings. The molecule has 0 aromatic heterocycles. The van der Waals surface area contributed by atoms with Gasteiger partial charge in [-0.15, -0.1) is 0 Å². The molecule has 1 saturated heterocycles. The zero-order chi connectivity index (χ0) is 10.9. The summed E-state index contributed by atoms with van der Waals surface area (Å²) in [4.78, 5) is 11.3. The minimum absolute atomic E-state index is 0.347.